The quantitative estimate of drug-likeness (QED) is 0.755. The average Bonchev–Trinajstić information content (AvgIpc) is 3.05. The molecule has 0 saturated carbocycles. The number of aryl methyl sites for hydroxylation is 1. The molecule has 3 aromatic rings. The van der Waals surface area contributed by atoms with Crippen molar-refractivity contribution in [3.05, 3.63) is 65.9 Å². The van der Waals surface area contributed by atoms with Gasteiger partial charge < -0.3 is 0 Å². The van der Waals surface area contributed by atoms with Gasteiger partial charge in [-0.25, -0.2) is 0 Å². The number of rotatable bonds is 5. The lowest BCUT2D eigenvalue weighted by Crippen LogP contribution is -2.33. The van der Waals surface area contributed by atoms with Crippen LogP contribution in [0.25, 0.3) is 10.9 Å². The first-order valence-electron chi connectivity index (χ1n) is 9.07. The molecule has 1 fully saturated rings. The highest BCUT2D eigenvalue weighted by Gasteiger charge is 2.20. The summed E-state index contributed by atoms with van der Waals surface area (Å²) >= 11 is 0. The van der Waals surface area contributed by atoms with Gasteiger partial charge in [-0.1, -0.05) is 48.5 Å². The molecule has 124 valence electrons. The number of fused-ring (bicyclic) bond motifs is 1. The molecule has 0 atom stereocenters. The van der Waals surface area contributed by atoms with Gasteiger partial charge in [0.1, 0.15) is 0 Å². The van der Waals surface area contributed by atoms with Crippen molar-refractivity contribution in [3.8, 4) is 0 Å². The van der Waals surface area contributed by atoms with Gasteiger partial charge in [0.25, 0.3) is 0 Å². The largest absolute Gasteiger partial charge is 0.297 e. The van der Waals surface area contributed by atoms with E-state index in [4.69, 9.17) is 0 Å². The van der Waals surface area contributed by atoms with Gasteiger partial charge in [0.2, 0.25) is 0 Å². The molecule has 1 aliphatic rings. The lowest BCUT2D eigenvalue weighted by atomic mass is 9.90. The molecule has 1 saturated heterocycles. The van der Waals surface area contributed by atoms with E-state index < -0.39 is 0 Å². The van der Waals surface area contributed by atoms with Crippen LogP contribution in [0.15, 0.2) is 54.6 Å². The van der Waals surface area contributed by atoms with E-state index in [1.165, 1.54) is 55.4 Å². The fourth-order valence-electron chi connectivity index (χ4n) is 3.80. The van der Waals surface area contributed by atoms with E-state index in [1.54, 1.807) is 0 Å². The van der Waals surface area contributed by atoms with Gasteiger partial charge in [-0.05, 0) is 56.3 Å². The van der Waals surface area contributed by atoms with Crippen LogP contribution < -0.4 is 0 Å². The molecular weight excluding hydrogens is 294 g/mol. The maximum absolute atomic E-state index is 4.52. The van der Waals surface area contributed by atoms with Crippen LogP contribution in [0, 0.1) is 5.92 Å². The zero-order chi connectivity index (χ0) is 16.2. The summed E-state index contributed by atoms with van der Waals surface area (Å²) in [5, 5.41) is 8.93. The number of para-hydroxylation sites is 1. The van der Waals surface area contributed by atoms with Gasteiger partial charge in [-0.3, -0.25) is 10.00 Å². The number of likely N-dealkylation sites (tertiary alicyclic amines) is 1. The summed E-state index contributed by atoms with van der Waals surface area (Å²) in [6, 6.07) is 19.3. The lowest BCUT2D eigenvalue weighted by Gasteiger charge is -2.31. The Morgan fingerprint density at radius 2 is 1.71 bits per heavy atom. The van der Waals surface area contributed by atoms with Crippen molar-refractivity contribution in [2.45, 2.75) is 32.2 Å². The van der Waals surface area contributed by atoms with Gasteiger partial charge in [0, 0.05) is 11.9 Å². The maximum Gasteiger partial charge on any atom is 0.0840 e. The first-order chi connectivity index (χ1) is 11.9. The van der Waals surface area contributed by atoms with Gasteiger partial charge in [-0.2, -0.15) is 5.10 Å². The van der Waals surface area contributed by atoms with Crippen LogP contribution in [-0.4, -0.2) is 28.2 Å². The third-order valence-corrected chi connectivity index (χ3v) is 5.31. The van der Waals surface area contributed by atoms with Crippen molar-refractivity contribution in [1.29, 1.82) is 0 Å². The summed E-state index contributed by atoms with van der Waals surface area (Å²) < 4.78 is 0. The van der Waals surface area contributed by atoms with Crippen LogP contribution in [0.5, 0.6) is 0 Å². The predicted molar refractivity (Wildman–Crippen MR) is 98.9 cm³/mol. The molecule has 0 unspecified atom stereocenters. The number of aromatic amines is 1. The van der Waals surface area contributed by atoms with Crippen molar-refractivity contribution in [1.82, 2.24) is 15.1 Å². The first-order valence-corrected chi connectivity index (χ1v) is 9.07. The smallest absolute Gasteiger partial charge is 0.0840 e. The molecule has 2 aromatic carbocycles. The molecule has 0 radical (unpaired) electrons. The van der Waals surface area contributed by atoms with E-state index in [2.05, 4.69) is 69.7 Å². The number of H-pyrrole nitrogens is 1. The van der Waals surface area contributed by atoms with Crippen LogP contribution in [0.4, 0.5) is 0 Å². The molecular formula is C21H25N3. The zero-order valence-electron chi connectivity index (χ0n) is 14.1. The maximum atomic E-state index is 4.52. The molecule has 1 aliphatic heterocycles. The number of nitrogens with zero attached hydrogens (tertiary/aromatic N) is 2. The van der Waals surface area contributed by atoms with Gasteiger partial charge in [-0.15, -0.1) is 0 Å². The summed E-state index contributed by atoms with van der Waals surface area (Å²) in [7, 11) is 0. The molecule has 0 amide bonds. The monoisotopic (exact) mass is 319 g/mol. The topological polar surface area (TPSA) is 31.9 Å². The number of hydrogen-bond acceptors (Lipinski definition) is 2. The van der Waals surface area contributed by atoms with E-state index in [0.29, 0.717) is 0 Å². The van der Waals surface area contributed by atoms with E-state index >= 15 is 0 Å². The highest BCUT2D eigenvalue weighted by molar-refractivity contribution is 5.81. The minimum atomic E-state index is 0.873. The van der Waals surface area contributed by atoms with Gasteiger partial charge in [0.05, 0.1) is 11.2 Å². The van der Waals surface area contributed by atoms with E-state index in [1.807, 2.05) is 0 Å². The first kappa shape index (κ1) is 15.4. The molecule has 4 rings (SSSR count). The summed E-state index contributed by atoms with van der Waals surface area (Å²) in [6.07, 6.45) is 5.17. The minimum absolute atomic E-state index is 0.873. The number of hydrogen-bond donors (Lipinski definition) is 1. The van der Waals surface area contributed by atoms with Crippen molar-refractivity contribution in [2.75, 3.05) is 13.1 Å². The molecule has 2 heterocycles. The summed E-state index contributed by atoms with van der Waals surface area (Å²) in [4.78, 5) is 2.56. The van der Waals surface area contributed by atoms with Crippen molar-refractivity contribution < 1.29 is 0 Å². The van der Waals surface area contributed by atoms with Gasteiger partial charge in [0.15, 0.2) is 0 Å². The number of aromatic nitrogens is 2. The zero-order valence-corrected chi connectivity index (χ0v) is 14.1. The molecule has 3 nitrogen and oxygen atoms in total. The molecule has 3 heteroatoms. The van der Waals surface area contributed by atoms with Gasteiger partial charge >= 0.3 is 0 Å². The lowest BCUT2D eigenvalue weighted by molar-refractivity contribution is 0.171. The van der Waals surface area contributed by atoms with Crippen LogP contribution >= 0.6 is 0 Å². The van der Waals surface area contributed by atoms with E-state index in [0.717, 1.165) is 18.0 Å². The number of piperidine rings is 1. The predicted octanol–water partition coefficient (Wildman–Crippen LogP) is 4.41. The van der Waals surface area contributed by atoms with Crippen molar-refractivity contribution in [2.24, 2.45) is 5.92 Å². The summed E-state index contributed by atoms with van der Waals surface area (Å²) in [5.41, 5.74) is 3.81. The minimum Gasteiger partial charge on any atom is -0.297 e. The van der Waals surface area contributed by atoms with Crippen LogP contribution in [0.3, 0.4) is 0 Å². The Morgan fingerprint density at radius 3 is 2.54 bits per heavy atom. The van der Waals surface area contributed by atoms with Crippen LogP contribution in [0.1, 0.15) is 30.5 Å². The van der Waals surface area contributed by atoms with Crippen LogP contribution in [0.2, 0.25) is 0 Å². The van der Waals surface area contributed by atoms with Crippen LogP contribution in [-0.2, 0) is 13.0 Å². The Hall–Kier alpha value is -2.13. The molecule has 0 bridgehead atoms. The van der Waals surface area contributed by atoms with Crippen molar-refractivity contribution >= 4 is 10.9 Å². The summed E-state index contributed by atoms with van der Waals surface area (Å²) in [5.74, 6) is 0.873. The highest BCUT2D eigenvalue weighted by atomic mass is 15.2. The second kappa shape index (κ2) is 7.18. The third-order valence-electron chi connectivity index (χ3n) is 5.31. The number of benzene rings is 2. The summed E-state index contributed by atoms with van der Waals surface area (Å²) in [6.45, 7) is 3.36. The normalized spacial score (nSPS) is 16.7. The average molecular weight is 319 g/mol. The highest BCUT2D eigenvalue weighted by Crippen LogP contribution is 2.24. The second-order valence-electron chi connectivity index (χ2n) is 6.96. The standard InChI is InChI=1S/C21H25N3/c1-2-6-17(7-3-1)10-11-18-12-14-24(15-13-18)16-21-19-8-4-5-9-20(19)22-23-21/h1-9,18H,10-16H2,(H,22,23). The fourth-order valence-corrected chi connectivity index (χ4v) is 3.80. The van der Waals surface area contributed by atoms with E-state index in [9.17, 15) is 0 Å². The Bertz CT molecular complexity index is 770. The SMILES string of the molecule is c1ccc(CCC2CCN(Cc3n[nH]c4ccccc34)CC2)cc1. The molecule has 24 heavy (non-hydrogen) atoms. The van der Waals surface area contributed by atoms with Crippen molar-refractivity contribution in [3.63, 3.8) is 0 Å². The second-order valence-corrected chi connectivity index (χ2v) is 6.96. The Balaban J connectivity index is 1.28. The molecule has 1 N–H and O–H groups in total. The molecule has 0 aliphatic carbocycles. The Morgan fingerprint density at radius 1 is 0.958 bits per heavy atom. The molecule has 1 aromatic heterocycles. The number of nitrogens with one attached hydrogen (secondary N) is 1. The Kier molecular flexibility index (Phi) is 4.61. The molecule has 0 spiro atoms. The fraction of sp³-hybridized carbons (Fsp3) is 0.381. The Labute approximate surface area is 143 Å². The van der Waals surface area contributed by atoms with E-state index in [-0.39, 0.29) is 0 Å². The third kappa shape index (κ3) is 3.51.